The molecule has 0 spiro atoms. The van der Waals surface area contributed by atoms with Crippen molar-refractivity contribution >= 4 is 24.1 Å². The summed E-state index contributed by atoms with van der Waals surface area (Å²) in [6, 6.07) is 10.9. The molecule has 2 aromatic carbocycles. The first-order chi connectivity index (χ1) is 12.3. The fourth-order valence-corrected chi connectivity index (χ4v) is 3.88. The van der Waals surface area contributed by atoms with Crippen LogP contribution < -0.4 is 8.61 Å². The van der Waals surface area contributed by atoms with Crippen molar-refractivity contribution in [2.24, 2.45) is 0 Å². The van der Waals surface area contributed by atoms with Crippen LogP contribution in [0.15, 0.2) is 53.4 Å². The van der Waals surface area contributed by atoms with E-state index in [1.54, 1.807) is 12.1 Å². The second-order valence-corrected chi connectivity index (χ2v) is 13.9. The van der Waals surface area contributed by atoms with E-state index in [1.807, 2.05) is 0 Å². The summed E-state index contributed by atoms with van der Waals surface area (Å²) < 4.78 is 35.9. The van der Waals surface area contributed by atoms with E-state index in [0.717, 1.165) is 24.3 Å². The quantitative estimate of drug-likeness (QED) is 0.296. The van der Waals surface area contributed by atoms with Crippen LogP contribution in [0.1, 0.15) is 20.8 Å². The molecule has 0 fully saturated rings. The van der Waals surface area contributed by atoms with Crippen LogP contribution in [-0.4, -0.2) is 21.7 Å². The van der Waals surface area contributed by atoms with Gasteiger partial charge >= 0.3 is 10.1 Å². The Morgan fingerprint density at radius 2 is 1.41 bits per heavy atom. The predicted octanol–water partition coefficient (Wildman–Crippen LogP) is 4.75. The minimum absolute atomic E-state index is 0.0431. The van der Waals surface area contributed by atoms with Gasteiger partial charge in [-0.05, 0) is 54.5 Å². The molecule has 2 rings (SSSR count). The number of hydrogen-bond acceptors (Lipinski definition) is 6. The zero-order chi connectivity index (χ0) is 20.5. The highest BCUT2D eigenvalue weighted by Crippen LogP contribution is 2.37. The number of nitro benzene ring substituents is 1. The van der Waals surface area contributed by atoms with Crippen LogP contribution in [-0.2, 0) is 10.1 Å². The van der Waals surface area contributed by atoms with Crippen molar-refractivity contribution in [1.29, 1.82) is 0 Å². The highest BCUT2D eigenvalue weighted by atomic mass is 32.2. The molecule has 0 bridgehead atoms. The number of benzene rings is 2. The Hall–Kier alpha value is -2.39. The zero-order valence-electron chi connectivity index (χ0n) is 15.9. The number of nitrogens with zero attached hydrogens (tertiary/aromatic N) is 1. The van der Waals surface area contributed by atoms with Gasteiger partial charge in [-0.25, -0.2) is 0 Å². The van der Waals surface area contributed by atoms with E-state index in [0.29, 0.717) is 5.75 Å². The van der Waals surface area contributed by atoms with Gasteiger partial charge in [0, 0.05) is 12.1 Å². The van der Waals surface area contributed by atoms with Crippen molar-refractivity contribution in [2.75, 3.05) is 0 Å². The average molecular weight is 410 g/mol. The summed E-state index contributed by atoms with van der Waals surface area (Å²) >= 11 is 0. The third kappa shape index (κ3) is 5.07. The van der Waals surface area contributed by atoms with Crippen molar-refractivity contribution in [2.45, 2.75) is 43.8 Å². The molecule has 7 nitrogen and oxygen atoms in total. The fourth-order valence-electron chi connectivity index (χ4n) is 1.92. The first-order valence-corrected chi connectivity index (χ1v) is 12.6. The number of non-ortho nitro benzene ring substituents is 1. The molecule has 146 valence electrons. The lowest BCUT2D eigenvalue weighted by atomic mass is 10.2. The maximum absolute atomic E-state index is 12.3. The maximum Gasteiger partial charge on any atom is 0.339 e. The Morgan fingerprint density at radius 1 is 0.926 bits per heavy atom. The Labute approximate surface area is 160 Å². The molecule has 0 N–H and O–H groups in total. The van der Waals surface area contributed by atoms with E-state index in [-0.39, 0.29) is 21.4 Å². The van der Waals surface area contributed by atoms with Crippen LogP contribution in [0.5, 0.6) is 11.5 Å². The van der Waals surface area contributed by atoms with Crippen LogP contribution >= 0.6 is 0 Å². The number of rotatable bonds is 6. The lowest BCUT2D eigenvalue weighted by molar-refractivity contribution is -0.384. The van der Waals surface area contributed by atoms with Crippen molar-refractivity contribution in [3.8, 4) is 11.5 Å². The first kappa shape index (κ1) is 20.9. The summed E-state index contributed by atoms with van der Waals surface area (Å²) in [5, 5.41) is 10.7. The highest BCUT2D eigenvalue weighted by Gasteiger charge is 2.38. The van der Waals surface area contributed by atoms with Gasteiger partial charge in [0.2, 0.25) is 8.32 Å². The standard InChI is InChI=1S/C18H23NO6SSi/c1-18(2,3)27(4,5)25-16-10-8-15(9-11-16)24-26(22,23)17-12-6-14(7-13-17)19(20)21/h6-13H,1-5H3. The second kappa shape index (κ2) is 7.32. The third-order valence-corrected chi connectivity index (χ3v) is 10.2. The van der Waals surface area contributed by atoms with Gasteiger partial charge in [0.15, 0.2) is 0 Å². The largest absolute Gasteiger partial charge is 0.543 e. The fraction of sp³-hybridized carbons (Fsp3) is 0.333. The van der Waals surface area contributed by atoms with Crippen LogP contribution in [0.25, 0.3) is 0 Å². The Bertz CT molecular complexity index is 916. The minimum Gasteiger partial charge on any atom is -0.543 e. The summed E-state index contributed by atoms with van der Waals surface area (Å²) in [5.74, 6) is 0.789. The smallest absolute Gasteiger partial charge is 0.339 e. The molecule has 0 aliphatic rings. The minimum atomic E-state index is -4.08. The lowest BCUT2D eigenvalue weighted by Crippen LogP contribution is -2.43. The Morgan fingerprint density at radius 3 is 1.85 bits per heavy atom. The van der Waals surface area contributed by atoms with Gasteiger partial charge in [-0.15, -0.1) is 0 Å². The molecule has 0 atom stereocenters. The van der Waals surface area contributed by atoms with Gasteiger partial charge in [-0.2, -0.15) is 8.42 Å². The van der Waals surface area contributed by atoms with Gasteiger partial charge in [0.25, 0.3) is 5.69 Å². The molecule has 0 aliphatic carbocycles. The van der Waals surface area contributed by atoms with Crippen molar-refractivity contribution in [3.05, 3.63) is 58.6 Å². The van der Waals surface area contributed by atoms with Gasteiger partial charge < -0.3 is 8.61 Å². The molecule has 0 aliphatic heterocycles. The summed E-state index contributed by atoms with van der Waals surface area (Å²) in [7, 11) is -6.07. The average Bonchev–Trinajstić information content (AvgIpc) is 2.55. The molecular weight excluding hydrogens is 386 g/mol. The molecule has 2 aromatic rings. The van der Waals surface area contributed by atoms with Gasteiger partial charge in [-0.3, -0.25) is 10.1 Å². The van der Waals surface area contributed by atoms with Crippen LogP contribution in [0.4, 0.5) is 5.69 Å². The zero-order valence-corrected chi connectivity index (χ0v) is 17.7. The van der Waals surface area contributed by atoms with Gasteiger partial charge in [0.1, 0.15) is 16.4 Å². The van der Waals surface area contributed by atoms with Crippen LogP contribution in [0, 0.1) is 10.1 Å². The normalized spacial score (nSPS) is 12.5. The molecule has 0 heterocycles. The van der Waals surface area contributed by atoms with E-state index in [9.17, 15) is 18.5 Å². The topological polar surface area (TPSA) is 95.7 Å². The second-order valence-electron chi connectivity index (χ2n) is 7.62. The predicted molar refractivity (Wildman–Crippen MR) is 105 cm³/mol. The van der Waals surface area contributed by atoms with E-state index in [4.69, 9.17) is 8.61 Å². The van der Waals surface area contributed by atoms with E-state index in [2.05, 4.69) is 33.9 Å². The molecule has 0 unspecified atom stereocenters. The summed E-state index contributed by atoms with van der Waals surface area (Å²) in [6.45, 7) is 10.6. The summed E-state index contributed by atoms with van der Waals surface area (Å²) in [5.41, 5.74) is -0.193. The Balaban J connectivity index is 2.14. The molecule has 0 saturated carbocycles. The number of nitro groups is 1. The first-order valence-electron chi connectivity index (χ1n) is 8.30. The van der Waals surface area contributed by atoms with Gasteiger partial charge in [0.05, 0.1) is 4.92 Å². The molecular formula is C18H23NO6SSi. The third-order valence-electron chi connectivity index (χ3n) is 4.55. The maximum atomic E-state index is 12.3. The van der Waals surface area contributed by atoms with Crippen molar-refractivity contribution < 1.29 is 22.0 Å². The molecule has 0 saturated heterocycles. The lowest BCUT2D eigenvalue weighted by Gasteiger charge is -2.36. The monoisotopic (exact) mass is 409 g/mol. The highest BCUT2D eigenvalue weighted by molar-refractivity contribution is 7.87. The van der Waals surface area contributed by atoms with Crippen molar-refractivity contribution in [3.63, 3.8) is 0 Å². The number of hydrogen-bond donors (Lipinski definition) is 0. The molecule has 0 radical (unpaired) electrons. The SMILES string of the molecule is CC(C)(C)[Si](C)(C)Oc1ccc(OS(=O)(=O)c2ccc([N+](=O)[O-])cc2)cc1. The van der Waals surface area contributed by atoms with E-state index >= 15 is 0 Å². The van der Waals surface area contributed by atoms with Crippen molar-refractivity contribution in [1.82, 2.24) is 0 Å². The molecule has 27 heavy (non-hydrogen) atoms. The van der Waals surface area contributed by atoms with Gasteiger partial charge in [-0.1, -0.05) is 20.8 Å². The molecule has 0 amide bonds. The van der Waals surface area contributed by atoms with E-state index < -0.39 is 23.4 Å². The molecule has 0 aromatic heterocycles. The summed E-state index contributed by atoms with van der Waals surface area (Å²) in [6.07, 6.45) is 0. The molecule has 9 heteroatoms. The van der Waals surface area contributed by atoms with Crippen LogP contribution in [0.2, 0.25) is 18.1 Å². The Kier molecular flexibility index (Phi) is 5.67. The van der Waals surface area contributed by atoms with Crippen LogP contribution in [0.3, 0.4) is 0 Å². The van der Waals surface area contributed by atoms with E-state index in [1.165, 1.54) is 12.1 Å². The summed E-state index contributed by atoms with van der Waals surface area (Å²) in [4.78, 5) is 9.91.